The standard InChI is InChI=1S/C25H28N4O4S/c1-4-17-5-7-18(8-6-17)14-26-23(30)21-20-13-16(2)29(24(31)22(20)28(3)27-21)15-25(11-12-25)34(32,33)19-9-10-19/h1,5-8,16,19H,9-15H2,2-3H3,(H,26,30). The minimum Gasteiger partial charge on any atom is -0.347 e. The van der Waals surface area contributed by atoms with Gasteiger partial charge in [0.2, 0.25) is 0 Å². The average Bonchev–Trinajstić information content (AvgIpc) is 3.73. The molecule has 34 heavy (non-hydrogen) atoms. The van der Waals surface area contributed by atoms with Gasteiger partial charge in [0.15, 0.2) is 15.5 Å². The van der Waals surface area contributed by atoms with Gasteiger partial charge in [-0.15, -0.1) is 6.42 Å². The first-order chi connectivity index (χ1) is 16.2. The smallest absolute Gasteiger partial charge is 0.272 e. The van der Waals surface area contributed by atoms with E-state index < -0.39 is 14.6 Å². The van der Waals surface area contributed by atoms with E-state index in [0.717, 1.165) is 24.0 Å². The number of fused-ring (bicyclic) bond motifs is 1. The Balaban J connectivity index is 1.34. The molecule has 2 fully saturated rings. The second-order valence-electron chi connectivity index (χ2n) is 9.74. The van der Waals surface area contributed by atoms with Gasteiger partial charge < -0.3 is 10.2 Å². The van der Waals surface area contributed by atoms with Gasteiger partial charge in [-0.05, 0) is 56.7 Å². The van der Waals surface area contributed by atoms with Crippen LogP contribution in [-0.4, -0.2) is 57.5 Å². The summed E-state index contributed by atoms with van der Waals surface area (Å²) >= 11 is 0. The Morgan fingerprint density at radius 1 is 1.26 bits per heavy atom. The van der Waals surface area contributed by atoms with E-state index in [1.807, 2.05) is 31.2 Å². The molecule has 2 amide bonds. The third-order valence-corrected chi connectivity index (χ3v) is 10.4. The monoisotopic (exact) mass is 480 g/mol. The lowest BCUT2D eigenvalue weighted by molar-refractivity contribution is 0.0649. The molecule has 0 radical (unpaired) electrons. The molecule has 1 aliphatic heterocycles. The lowest BCUT2D eigenvalue weighted by Gasteiger charge is -2.36. The van der Waals surface area contributed by atoms with Gasteiger partial charge in [-0.2, -0.15) is 5.10 Å². The second-order valence-corrected chi connectivity index (χ2v) is 12.4. The summed E-state index contributed by atoms with van der Waals surface area (Å²) in [5.41, 5.74) is 2.89. The van der Waals surface area contributed by atoms with E-state index in [0.29, 0.717) is 37.1 Å². The van der Waals surface area contributed by atoms with Crippen molar-refractivity contribution in [2.24, 2.45) is 7.05 Å². The lowest BCUT2D eigenvalue weighted by atomic mass is 9.96. The molecule has 1 unspecified atom stereocenters. The first kappa shape index (κ1) is 22.7. The van der Waals surface area contributed by atoms with Crippen molar-refractivity contribution in [3.63, 3.8) is 0 Å². The van der Waals surface area contributed by atoms with Crippen molar-refractivity contribution < 1.29 is 18.0 Å². The SMILES string of the molecule is C#Cc1ccc(CNC(=O)c2nn(C)c3c2CC(C)N(CC2(S(=O)(=O)C4CC4)CC2)C3=O)cc1. The highest BCUT2D eigenvalue weighted by atomic mass is 32.2. The van der Waals surface area contributed by atoms with E-state index in [9.17, 15) is 18.0 Å². The summed E-state index contributed by atoms with van der Waals surface area (Å²) in [6, 6.07) is 7.12. The Hall–Kier alpha value is -3.12. The summed E-state index contributed by atoms with van der Waals surface area (Å²) in [6.45, 7) is 2.43. The number of amides is 2. The number of aromatic nitrogens is 2. The number of aryl methyl sites for hydroxylation is 1. The predicted octanol–water partition coefficient (Wildman–Crippen LogP) is 1.83. The largest absolute Gasteiger partial charge is 0.347 e. The molecule has 2 aliphatic carbocycles. The molecule has 1 aromatic carbocycles. The summed E-state index contributed by atoms with van der Waals surface area (Å²) in [7, 11) is -1.58. The van der Waals surface area contributed by atoms with Gasteiger partial charge in [0.25, 0.3) is 11.8 Å². The Labute approximate surface area is 199 Å². The third kappa shape index (κ3) is 3.70. The summed E-state index contributed by atoms with van der Waals surface area (Å²) in [4.78, 5) is 28.1. The van der Waals surface area contributed by atoms with E-state index in [4.69, 9.17) is 6.42 Å². The maximum absolute atomic E-state index is 13.5. The zero-order chi connectivity index (χ0) is 24.3. The number of carbonyl (C=O) groups is 2. The molecule has 2 saturated carbocycles. The Bertz CT molecular complexity index is 1310. The predicted molar refractivity (Wildman–Crippen MR) is 127 cm³/mol. The Morgan fingerprint density at radius 3 is 2.53 bits per heavy atom. The highest BCUT2D eigenvalue weighted by molar-refractivity contribution is 7.94. The van der Waals surface area contributed by atoms with Crippen LogP contribution >= 0.6 is 0 Å². The Kier molecular flexibility index (Phi) is 5.32. The van der Waals surface area contributed by atoms with Crippen LogP contribution in [0.4, 0.5) is 0 Å². The minimum atomic E-state index is -3.23. The topological polar surface area (TPSA) is 101 Å². The number of nitrogens with zero attached hydrogens (tertiary/aromatic N) is 3. The van der Waals surface area contributed by atoms with E-state index in [1.165, 1.54) is 4.68 Å². The number of rotatable bonds is 7. The number of hydrogen-bond acceptors (Lipinski definition) is 5. The van der Waals surface area contributed by atoms with Crippen molar-refractivity contribution in [3.05, 3.63) is 52.3 Å². The van der Waals surface area contributed by atoms with E-state index >= 15 is 0 Å². The molecular formula is C25H28N4O4S. The quantitative estimate of drug-likeness (QED) is 0.610. The first-order valence-electron chi connectivity index (χ1n) is 11.6. The molecule has 9 heteroatoms. The number of carbonyl (C=O) groups excluding carboxylic acids is 2. The van der Waals surface area contributed by atoms with Gasteiger partial charge in [-0.1, -0.05) is 18.1 Å². The molecule has 2 aromatic rings. The maximum atomic E-state index is 13.5. The zero-order valence-electron chi connectivity index (χ0n) is 19.4. The molecule has 0 saturated heterocycles. The van der Waals surface area contributed by atoms with Crippen molar-refractivity contribution in [1.82, 2.24) is 20.0 Å². The number of hydrogen-bond donors (Lipinski definition) is 1. The van der Waals surface area contributed by atoms with Crippen LogP contribution in [-0.2, 0) is 29.9 Å². The highest BCUT2D eigenvalue weighted by Gasteiger charge is 2.61. The van der Waals surface area contributed by atoms with E-state index in [1.54, 1.807) is 11.9 Å². The van der Waals surface area contributed by atoms with Crippen molar-refractivity contribution in [2.75, 3.05) is 6.54 Å². The number of benzene rings is 1. The zero-order valence-corrected chi connectivity index (χ0v) is 20.2. The Morgan fingerprint density at radius 2 is 1.94 bits per heavy atom. The van der Waals surface area contributed by atoms with Gasteiger partial charge in [0.05, 0.1) is 10.00 Å². The van der Waals surface area contributed by atoms with E-state index in [-0.39, 0.29) is 35.3 Å². The third-order valence-electron chi connectivity index (χ3n) is 7.26. The normalized spacial score (nSPS) is 21.0. The average molecular weight is 481 g/mol. The van der Waals surface area contributed by atoms with Crippen LogP contribution in [0.25, 0.3) is 0 Å². The van der Waals surface area contributed by atoms with Crippen LogP contribution in [0.5, 0.6) is 0 Å². The van der Waals surface area contributed by atoms with Crippen molar-refractivity contribution >= 4 is 21.7 Å². The van der Waals surface area contributed by atoms with Crippen LogP contribution in [0, 0.1) is 12.3 Å². The molecule has 2 heterocycles. The summed E-state index contributed by atoms with van der Waals surface area (Å²) in [5, 5.41) is 7.00. The number of terminal acetylenes is 1. The van der Waals surface area contributed by atoms with Gasteiger partial charge in [0, 0.05) is 37.3 Å². The first-order valence-corrected chi connectivity index (χ1v) is 13.2. The molecule has 8 nitrogen and oxygen atoms in total. The fourth-order valence-electron chi connectivity index (χ4n) is 4.88. The minimum absolute atomic E-state index is 0.214. The van der Waals surface area contributed by atoms with Gasteiger partial charge in [0.1, 0.15) is 5.69 Å². The fraction of sp³-hybridized carbons (Fsp3) is 0.480. The molecule has 1 N–H and O–H groups in total. The fourth-order valence-corrected chi connectivity index (χ4v) is 7.33. The van der Waals surface area contributed by atoms with Crippen LogP contribution < -0.4 is 5.32 Å². The molecule has 5 rings (SSSR count). The molecular weight excluding hydrogens is 452 g/mol. The molecule has 0 spiro atoms. The maximum Gasteiger partial charge on any atom is 0.272 e. The number of sulfone groups is 1. The van der Waals surface area contributed by atoms with Crippen LogP contribution in [0.2, 0.25) is 0 Å². The lowest BCUT2D eigenvalue weighted by Crippen LogP contribution is -2.51. The summed E-state index contributed by atoms with van der Waals surface area (Å²) in [5.74, 6) is 1.95. The van der Waals surface area contributed by atoms with Crippen LogP contribution in [0.3, 0.4) is 0 Å². The number of nitrogens with one attached hydrogen (secondary N) is 1. The highest BCUT2D eigenvalue weighted by Crippen LogP contribution is 2.51. The van der Waals surface area contributed by atoms with Crippen LogP contribution in [0.1, 0.15) is 70.3 Å². The van der Waals surface area contributed by atoms with Gasteiger partial charge >= 0.3 is 0 Å². The van der Waals surface area contributed by atoms with Crippen LogP contribution in [0.15, 0.2) is 24.3 Å². The van der Waals surface area contributed by atoms with E-state index in [2.05, 4.69) is 16.3 Å². The molecule has 1 atom stereocenters. The van der Waals surface area contributed by atoms with Gasteiger partial charge in [-0.3, -0.25) is 14.3 Å². The molecule has 1 aromatic heterocycles. The summed E-state index contributed by atoms with van der Waals surface area (Å²) < 4.78 is 26.6. The second kappa shape index (κ2) is 7.98. The van der Waals surface area contributed by atoms with Crippen molar-refractivity contribution in [1.29, 1.82) is 0 Å². The summed E-state index contributed by atoms with van der Waals surface area (Å²) in [6.07, 6.45) is 8.50. The van der Waals surface area contributed by atoms with Crippen molar-refractivity contribution in [3.8, 4) is 12.3 Å². The molecule has 3 aliphatic rings. The molecule has 0 bridgehead atoms. The molecule has 178 valence electrons. The van der Waals surface area contributed by atoms with Gasteiger partial charge in [-0.25, -0.2) is 8.42 Å². The van der Waals surface area contributed by atoms with Crippen molar-refractivity contribution in [2.45, 2.75) is 61.6 Å².